The third kappa shape index (κ3) is 2.36. The molecule has 0 bridgehead atoms. The Labute approximate surface area is 136 Å². The zero-order valence-corrected chi connectivity index (χ0v) is 12.9. The van der Waals surface area contributed by atoms with Crippen LogP contribution in [0.25, 0.3) is 0 Å². The number of rotatable bonds is 2. The molecule has 2 aromatic rings. The van der Waals surface area contributed by atoms with Crippen LogP contribution in [0.15, 0.2) is 42.5 Å². The lowest BCUT2D eigenvalue weighted by Crippen LogP contribution is -2.60. The monoisotopic (exact) mass is 337 g/mol. The molecule has 2 aromatic carbocycles. The molecule has 0 aliphatic carbocycles. The van der Waals surface area contributed by atoms with Crippen molar-refractivity contribution in [3.05, 3.63) is 59.2 Å². The van der Waals surface area contributed by atoms with Gasteiger partial charge in [-0.2, -0.15) is 13.2 Å². The van der Waals surface area contributed by atoms with E-state index in [4.69, 9.17) is 9.47 Å². The van der Waals surface area contributed by atoms with Crippen LogP contribution in [0, 0.1) is 6.92 Å². The van der Waals surface area contributed by atoms with E-state index in [2.05, 4.69) is 0 Å². The molecule has 7 heteroatoms. The first-order valence-corrected chi connectivity index (χ1v) is 7.10. The molecule has 0 saturated heterocycles. The van der Waals surface area contributed by atoms with E-state index in [0.717, 1.165) is 5.56 Å². The molecule has 4 nitrogen and oxygen atoms in total. The number of methoxy groups -OCH3 is 1. The Morgan fingerprint density at radius 2 is 1.79 bits per heavy atom. The van der Waals surface area contributed by atoms with Crippen LogP contribution in [0.2, 0.25) is 0 Å². The minimum Gasteiger partial charge on any atom is -0.497 e. The third-order valence-corrected chi connectivity index (χ3v) is 3.99. The minimum absolute atomic E-state index is 0.0938. The van der Waals surface area contributed by atoms with Crippen LogP contribution < -0.4 is 14.8 Å². The number of hydrogen-bond acceptors (Lipinski definition) is 3. The molecule has 0 unspecified atom stereocenters. The zero-order chi connectivity index (χ0) is 17.5. The number of carbonyl (C=O) groups is 1. The van der Waals surface area contributed by atoms with Crippen molar-refractivity contribution < 1.29 is 27.4 Å². The molecule has 0 saturated carbocycles. The summed E-state index contributed by atoms with van der Waals surface area (Å²) in [5.74, 6) is 0.111. The largest absolute Gasteiger partial charge is 0.497 e. The van der Waals surface area contributed by atoms with Crippen molar-refractivity contribution in [3.8, 4) is 11.5 Å². The Morgan fingerprint density at radius 3 is 2.38 bits per heavy atom. The molecule has 1 atom stereocenters. The first-order chi connectivity index (χ1) is 11.3. The van der Waals surface area contributed by atoms with E-state index in [-0.39, 0.29) is 16.9 Å². The molecule has 1 aliphatic rings. The fourth-order valence-corrected chi connectivity index (χ4v) is 2.79. The maximum atomic E-state index is 14.1. The lowest BCUT2D eigenvalue weighted by molar-refractivity contribution is -0.187. The highest BCUT2D eigenvalue weighted by Crippen LogP contribution is 2.49. The number of benzene rings is 2. The quantitative estimate of drug-likeness (QED) is 0.904. The summed E-state index contributed by atoms with van der Waals surface area (Å²) in [5.41, 5.74) is -2.16. The lowest BCUT2D eigenvalue weighted by Gasteiger charge is -2.40. The fraction of sp³-hybridized carbons (Fsp3) is 0.235. The van der Waals surface area contributed by atoms with Gasteiger partial charge in [-0.1, -0.05) is 29.8 Å². The third-order valence-electron chi connectivity index (χ3n) is 3.99. The van der Waals surface area contributed by atoms with Crippen LogP contribution in [0.1, 0.15) is 16.7 Å². The van der Waals surface area contributed by atoms with Gasteiger partial charge in [0.05, 0.1) is 7.11 Å². The van der Waals surface area contributed by atoms with Gasteiger partial charge in [0.2, 0.25) is 0 Å². The van der Waals surface area contributed by atoms with Crippen LogP contribution >= 0.6 is 0 Å². The summed E-state index contributed by atoms with van der Waals surface area (Å²) in [5, 5.41) is 1.97. The second kappa shape index (κ2) is 5.43. The molecule has 0 radical (unpaired) electrons. The Hall–Kier alpha value is -2.70. The van der Waals surface area contributed by atoms with Crippen LogP contribution in [-0.2, 0) is 5.54 Å². The Kier molecular flexibility index (Phi) is 3.66. The molecule has 3 rings (SSSR count). The van der Waals surface area contributed by atoms with Crippen molar-refractivity contribution in [1.29, 1.82) is 0 Å². The summed E-state index contributed by atoms with van der Waals surface area (Å²) >= 11 is 0. The molecule has 1 amide bonds. The zero-order valence-electron chi connectivity index (χ0n) is 12.9. The van der Waals surface area contributed by atoms with Gasteiger partial charge in [0, 0.05) is 11.6 Å². The van der Waals surface area contributed by atoms with Crippen LogP contribution in [0.3, 0.4) is 0 Å². The second-order valence-corrected chi connectivity index (χ2v) is 5.49. The van der Waals surface area contributed by atoms with Gasteiger partial charge < -0.3 is 9.47 Å². The predicted octanol–water partition coefficient (Wildman–Crippen LogP) is 3.91. The van der Waals surface area contributed by atoms with Crippen molar-refractivity contribution in [2.45, 2.75) is 18.6 Å². The highest BCUT2D eigenvalue weighted by molar-refractivity contribution is 5.77. The van der Waals surface area contributed by atoms with E-state index in [0.29, 0.717) is 5.75 Å². The molecule has 0 spiro atoms. The summed E-state index contributed by atoms with van der Waals surface area (Å²) in [6, 6.07) is 9.74. The van der Waals surface area contributed by atoms with Crippen molar-refractivity contribution in [3.63, 3.8) is 0 Å². The smallest absolute Gasteiger partial charge is 0.420 e. The molecule has 24 heavy (non-hydrogen) atoms. The molecule has 1 heterocycles. The van der Waals surface area contributed by atoms with Crippen molar-refractivity contribution in [1.82, 2.24) is 5.32 Å². The number of carbonyl (C=O) groups excluding carboxylic acids is 1. The van der Waals surface area contributed by atoms with E-state index in [1.54, 1.807) is 19.1 Å². The summed E-state index contributed by atoms with van der Waals surface area (Å²) in [6.07, 6.45) is -5.95. The number of alkyl halides is 3. The normalized spacial score (nSPS) is 20.0. The summed E-state index contributed by atoms with van der Waals surface area (Å²) in [6.45, 7) is 1.77. The van der Waals surface area contributed by atoms with E-state index in [1.165, 1.54) is 37.4 Å². The number of hydrogen-bond donors (Lipinski definition) is 1. The molecule has 0 fully saturated rings. The number of fused-ring (bicyclic) bond motifs is 1. The number of nitrogens with one attached hydrogen (secondary N) is 1. The van der Waals surface area contributed by atoms with Crippen LogP contribution in [0.4, 0.5) is 18.0 Å². The minimum atomic E-state index is -4.77. The van der Waals surface area contributed by atoms with Gasteiger partial charge in [0.15, 0.2) is 5.54 Å². The fourth-order valence-electron chi connectivity index (χ4n) is 2.79. The average molecular weight is 337 g/mol. The SMILES string of the molecule is COc1ccc2c(c1)OC(=O)N[C@@]2(c1ccc(C)cc1)C(F)(F)F. The summed E-state index contributed by atoms with van der Waals surface area (Å²) in [7, 11) is 1.38. The summed E-state index contributed by atoms with van der Waals surface area (Å²) < 4.78 is 52.3. The highest BCUT2D eigenvalue weighted by atomic mass is 19.4. The van der Waals surface area contributed by atoms with Gasteiger partial charge in [-0.3, -0.25) is 5.32 Å². The van der Waals surface area contributed by atoms with Crippen molar-refractivity contribution >= 4 is 6.09 Å². The average Bonchev–Trinajstić information content (AvgIpc) is 2.53. The number of amides is 1. The predicted molar refractivity (Wildman–Crippen MR) is 80.2 cm³/mol. The highest BCUT2D eigenvalue weighted by Gasteiger charge is 2.61. The number of halogens is 3. The molecule has 126 valence electrons. The van der Waals surface area contributed by atoms with Crippen molar-refractivity contribution in [2.75, 3.05) is 7.11 Å². The van der Waals surface area contributed by atoms with Crippen molar-refractivity contribution in [2.24, 2.45) is 0 Å². The van der Waals surface area contributed by atoms with Gasteiger partial charge in [-0.25, -0.2) is 4.79 Å². The first-order valence-electron chi connectivity index (χ1n) is 7.10. The molecule has 1 N–H and O–H groups in total. The molecular weight excluding hydrogens is 323 g/mol. The topological polar surface area (TPSA) is 47.6 Å². The number of ether oxygens (including phenoxy) is 2. The Morgan fingerprint density at radius 1 is 1.12 bits per heavy atom. The van der Waals surface area contributed by atoms with E-state index in [1.807, 2.05) is 5.32 Å². The molecular formula is C17H14F3NO3. The van der Waals surface area contributed by atoms with Crippen LogP contribution in [-0.4, -0.2) is 19.4 Å². The van der Waals surface area contributed by atoms with Gasteiger partial charge in [-0.05, 0) is 24.6 Å². The maximum absolute atomic E-state index is 14.1. The van der Waals surface area contributed by atoms with E-state index >= 15 is 0 Å². The lowest BCUT2D eigenvalue weighted by atomic mass is 9.80. The van der Waals surface area contributed by atoms with E-state index in [9.17, 15) is 18.0 Å². The molecule has 0 aromatic heterocycles. The number of aryl methyl sites for hydroxylation is 1. The van der Waals surface area contributed by atoms with E-state index < -0.39 is 17.8 Å². The summed E-state index contributed by atoms with van der Waals surface area (Å²) in [4.78, 5) is 11.9. The second-order valence-electron chi connectivity index (χ2n) is 5.49. The standard InChI is InChI=1S/C17H14F3NO3/c1-10-3-5-11(6-4-10)16(17(18,19)20)13-8-7-12(23-2)9-14(13)24-15(22)21-16/h3-9H,1-2H3,(H,21,22)/t16-/m1/s1. The van der Waals surface area contributed by atoms with Gasteiger partial charge >= 0.3 is 12.3 Å². The Balaban J connectivity index is 2.31. The molecule has 1 aliphatic heterocycles. The van der Waals surface area contributed by atoms with Gasteiger partial charge in [0.1, 0.15) is 11.5 Å². The Bertz CT molecular complexity index is 787. The first kappa shape index (κ1) is 16.2. The van der Waals surface area contributed by atoms with Crippen LogP contribution in [0.5, 0.6) is 11.5 Å². The van der Waals surface area contributed by atoms with Gasteiger partial charge in [-0.15, -0.1) is 0 Å². The van der Waals surface area contributed by atoms with Gasteiger partial charge in [0.25, 0.3) is 0 Å². The maximum Gasteiger partial charge on any atom is 0.420 e.